The second-order valence-corrected chi connectivity index (χ2v) is 1.92. The molecule has 0 heterocycles. The smallest absolute Gasteiger partial charge is 0.318 e. The monoisotopic (exact) mass is 216 g/mol. The van der Waals surface area contributed by atoms with Crippen LogP contribution in [-0.2, 0) is 4.74 Å². The molecule has 0 aromatic carbocycles. The highest BCUT2D eigenvalue weighted by Gasteiger charge is 2.64. The molecule has 1 nitrogen and oxygen atoms in total. The fourth-order valence-electron chi connectivity index (χ4n) is 0.348. The van der Waals surface area contributed by atoms with E-state index < -0.39 is 24.5 Å². The molecule has 0 bridgehead atoms. The SMILES string of the molecule is FC(F)C(F)(OCCl)C(F)(F)F. The minimum atomic E-state index is -5.80. The molecular weight excluding hydrogens is 213 g/mol. The summed E-state index contributed by atoms with van der Waals surface area (Å²) in [5.74, 6) is -4.98. The topological polar surface area (TPSA) is 9.23 Å². The van der Waals surface area contributed by atoms with Gasteiger partial charge in [-0.2, -0.15) is 17.6 Å². The van der Waals surface area contributed by atoms with Gasteiger partial charge in [-0.15, -0.1) is 0 Å². The quantitative estimate of drug-likeness (QED) is 0.521. The van der Waals surface area contributed by atoms with E-state index in [1.165, 1.54) is 0 Å². The Morgan fingerprint density at radius 3 is 1.67 bits per heavy atom. The average molecular weight is 217 g/mol. The van der Waals surface area contributed by atoms with Gasteiger partial charge in [0.25, 0.3) is 0 Å². The molecule has 0 N–H and O–H groups in total. The summed E-state index contributed by atoms with van der Waals surface area (Å²) < 4.78 is 72.8. The van der Waals surface area contributed by atoms with E-state index in [-0.39, 0.29) is 0 Å². The number of ether oxygens (including phenoxy) is 1. The lowest BCUT2D eigenvalue weighted by Gasteiger charge is -2.25. The van der Waals surface area contributed by atoms with Gasteiger partial charge in [0, 0.05) is 0 Å². The lowest BCUT2D eigenvalue weighted by molar-refractivity contribution is -0.364. The lowest BCUT2D eigenvalue weighted by Crippen LogP contribution is -2.49. The number of hydrogen-bond acceptors (Lipinski definition) is 1. The lowest BCUT2D eigenvalue weighted by atomic mass is 10.3. The van der Waals surface area contributed by atoms with Crippen molar-refractivity contribution < 1.29 is 31.1 Å². The predicted molar refractivity (Wildman–Crippen MR) is 27.7 cm³/mol. The zero-order chi connectivity index (χ0) is 9.99. The summed E-state index contributed by atoms with van der Waals surface area (Å²) in [6.45, 7) is 0. The predicted octanol–water partition coefficient (Wildman–Crippen LogP) is 2.69. The Morgan fingerprint density at radius 1 is 1.17 bits per heavy atom. The van der Waals surface area contributed by atoms with E-state index in [0.717, 1.165) is 0 Å². The Bertz CT molecular complexity index is 147. The maximum atomic E-state index is 12.2. The standard InChI is InChI=1S/C4H3ClF6O/c5-1-12-3(8,2(6)7)4(9,10)11/h2H,1H2. The van der Waals surface area contributed by atoms with E-state index in [1.807, 2.05) is 0 Å². The van der Waals surface area contributed by atoms with Gasteiger partial charge in [-0.05, 0) is 0 Å². The van der Waals surface area contributed by atoms with E-state index >= 15 is 0 Å². The summed E-state index contributed by atoms with van der Waals surface area (Å²) in [5, 5.41) is 0. The van der Waals surface area contributed by atoms with Gasteiger partial charge in [0.05, 0.1) is 0 Å². The van der Waals surface area contributed by atoms with Crippen LogP contribution in [0.25, 0.3) is 0 Å². The molecule has 0 aromatic rings. The second kappa shape index (κ2) is 3.69. The average Bonchev–Trinajstić information content (AvgIpc) is 1.85. The summed E-state index contributed by atoms with van der Waals surface area (Å²) in [5.41, 5.74) is 0. The maximum absolute atomic E-state index is 12.2. The molecule has 12 heavy (non-hydrogen) atoms. The van der Waals surface area contributed by atoms with Crippen LogP contribution in [0.3, 0.4) is 0 Å². The first kappa shape index (κ1) is 11.8. The van der Waals surface area contributed by atoms with Gasteiger partial charge in [0.15, 0.2) is 0 Å². The number of alkyl halides is 7. The largest absolute Gasteiger partial charge is 0.454 e. The number of halogens is 7. The zero-order valence-corrected chi connectivity index (χ0v) is 6.09. The molecule has 74 valence electrons. The van der Waals surface area contributed by atoms with Gasteiger partial charge >= 0.3 is 18.5 Å². The van der Waals surface area contributed by atoms with Crippen molar-refractivity contribution in [3.8, 4) is 0 Å². The third-order valence-corrected chi connectivity index (χ3v) is 1.04. The van der Waals surface area contributed by atoms with Crippen molar-refractivity contribution in [2.75, 3.05) is 6.07 Å². The molecule has 0 amide bonds. The van der Waals surface area contributed by atoms with Crippen LogP contribution in [0.2, 0.25) is 0 Å². The van der Waals surface area contributed by atoms with Gasteiger partial charge in [0.2, 0.25) is 0 Å². The molecule has 0 spiro atoms. The van der Waals surface area contributed by atoms with Crippen molar-refractivity contribution in [1.82, 2.24) is 0 Å². The fraction of sp³-hybridized carbons (Fsp3) is 1.00. The van der Waals surface area contributed by atoms with Crippen molar-refractivity contribution in [2.24, 2.45) is 0 Å². The highest BCUT2D eigenvalue weighted by molar-refractivity contribution is 6.17. The summed E-state index contributed by atoms with van der Waals surface area (Å²) in [6.07, 6.45) is -10.1. The molecule has 1 unspecified atom stereocenters. The molecule has 0 saturated heterocycles. The van der Waals surface area contributed by atoms with Gasteiger partial charge < -0.3 is 4.74 Å². The van der Waals surface area contributed by atoms with Crippen LogP contribution in [0.5, 0.6) is 0 Å². The Kier molecular flexibility index (Phi) is 3.64. The van der Waals surface area contributed by atoms with Crippen LogP contribution < -0.4 is 0 Å². The summed E-state index contributed by atoms with van der Waals surface area (Å²) in [7, 11) is 0. The third-order valence-electron chi connectivity index (χ3n) is 0.932. The molecule has 0 saturated carbocycles. The fourth-order valence-corrected chi connectivity index (χ4v) is 0.507. The molecule has 0 aromatic heterocycles. The van der Waals surface area contributed by atoms with Gasteiger partial charge in [0.1, 0.15) is 6.07 Å². The molecule has 1 atom stereocenters. The van der Waals surface area contributed by atoms with Crippen LogP contribution >= 0.6 is 11.6 Å². The highest BCUT2D eigenvalue weighted by atomic mass is 35.5. The Labute approximate surface area is 68.2 Å². The third kappa shape index (κ3) is 2.16. The van der Waals surface area contributed by atoms with E-state index in [2.05, 4.69) is 16.3 Å². The number of hydrogen-bond donors (Lipinski definition) is 0. The van der Waals surface area contributed by atoms with Crippen LogP contribution in [0.1, 0.15) is 0 Å². The van der Waals surface area contributed by atoms with Crippen LogP contribution in [0, 0.1) is 0 Å². The van der Waals surface area contributed by atoms with Crippen molar-refractivity contribution in [3.05, 3.63) is 0 Å². The van der Waals surface area contributed by atoms with E-state index in [4.69, 9.17) is 0 Å². The van der Waals surface area contributed by atoms with Crippen molar-refractivity contribution >= 4 is 11.6 Å². The minimum absolute atomic E-state index is 1.31. The molecule has 0 rings (SSSR count). The minimum Gasteiger partial charge on any atom is -0.318 e. The maximum Gasteiger partial charge on any atom is 0.454 e. The van der Waals surface area contributed by atoms with Gasteiger partial charge in [-0.3, -0.25) is 0 Å². The van der Waals surface area contributed by atoms with Crippen LogP contribution in [0.4, 0.5) is 26.3 Å². The molecule has 0 aliphatic carbocycles. The first-order valence-corrected chi connectivity index (χ1v) is 3.03. The number of rotatable bonds is 3. The first-order chi connectivity index (χ1) is 5.25. The van der Waals surface area contributed by atoms with Gasteiger partial charge in [-0.1, -0.05) is 11.6 Å². The van der Waals surface area contributed by atoms with Crippen molar-refractivity contribution in [1.29, 1.82) is 0 Å². The summed E-state index contributed by atoms with van der Waals surface area (Å²) in [6, 6.07) is -1.31. The van der Waals surface area contributed by atoms with Gasteiger partial charge in [-0.25, -0.2) is 8.78 Å². The van der Waals surface area contributed by atoms with Crippen LogP contribution in [-0.4, -0.2) is 24.5 Å². The van der Waals surface area contributed by atoms with E-state index in [9.17, 15) is 26.3 Å². The Hall–Kier alpha value is -0.170. The normalized spacial score (nSPS) is 18.0. The molecule has 0 aliphatic rings. The second-order valence-electron chi connectivity index (χ2n) is 1.70. The molecule has 8 heteroatoms. The van der Waals surface area contributed by atoms with Crippen molar-refractivity contribution in [3.63, 3.8) is 0 Å². The molecule has 0 aliphatic heterocycles. The molecule has 0 fully saturated rings. The Morgan fingerprint density at radius 2 is 1.58 bits per heavy atom. The molecular formula is C4H3ClF6O. The zero-order valence-electron chi connectivity index (χ0n) is 5.34. The Balaban J connectivity index is 4.62. The van der Waals surface area contributed by atoms with E-state index in [0.29, 0.717) is 0 Å². The van der Waals surface area contributed by atoms with E-state index in [1.54, 1.807) is 0 Å². The summed E-state index contributed by atoms with van der Waals surface area (Å²) in [4.78, 5) is 0. The first-order valence-electron chi connectivity index (χ1n) is 2.49. The molecule has 0 radical (unpaired) electrons. The highest BCUT2D eigenvalue weighted by Crippen LogP contribution is 2.39. The van der Waals surface area contributed by atoms with Crippen molar-refractivity contribution in [2.45, 2.75) is 18.5 Å². The summed E-state index contributed by atoms with van der Waals surface area (Å²) >= 11 is 4.54. The van der Waals surface area contributed by atoms with Crippen LogP contribution in [0.15, 0.2) is 0 Å².